The molecule has 0 aromatic heterocycles. The summed E-state index contributed by atoms with van der Waals surface area (Å²) in [6.45, 7) is 3.07. The van der Waals surface area contributed by atoms with Crippen molar-refractivity contribution in [1.29, 1.82) is 0 Å². The first-order chi connectivity index (χ1) is 14.4. The van der Waals surface area contributed by atoms with E-state index in [4.69, 9.17) is 11.6 Å². The van der Waals surface area contributed by atoms with Crippen molar-refractivity contribution in [3.63, 3.8) is 0 Å². The molecule has 0 spiro atoms. The molecule has 0 unspecified atom stereocenters. The van der Waals surface area contributed by atoms with Gasteiger partial charge in [0.1, 0.15) is 12.6 Å². The molecule has 0 fully saturated rings. The number of carbonyl (C=O) groups is 2. The fourth-order valence-corrected chi connectivity index (χ4v) is 4.44. The molecule has 0 aliphatic carbocycles. The molecule has 0 saturated carbocycles. The maximum Gasteiger partial charge on any atom is 0.244 e. The molecule has 2 aromatic rings. The van der Waals surface area contributed by atoms with Gasteiger partial charge >= 0.3 is 0 Å². The number of aryl methyl sites for hydroxylation is 1. The van der Waals surface area contributed by atoms with Gasteiger partial charge in [0.15, 0.2) is 0 Å². The van der Waals surface area contributed by atoms with Crippen molar-refractivity contribution >= 4 is 55.1 Å². The largest absolute Gasteiger partial charge is 0.357 e. The van der Waals surface area contributed by atoms with Crippen molar-refractivity contribution < 1.29 is 18.0 Å². The van der Waals surface area contributed by atoms with Crippen LogP contribution in [0, 0.1) is 6.92 Å². The lowest BCUT2D eigenvalue weighted by atomic mass is 10.1. The highest BCUT2D eigenvalue weighted by Crippen LogP contribution is 2.25. The molecule has 31 heavy (non-hydrogen) atoms. The quantitative estimate of drug-likeness (QED) is 0.567. The number of benzene rings is 2. The molecular weight excluding hydrogens is 506 g/mol. The molecule has 1 atom stereocenters. The predicted molar refractivity (Wildman–Crippen MR) is 127 cm³/mol. The van der Waals surface area contributed by atoms with Gasteiger partial charge in [0.2, 0.25) is 21.8 Å². The molecule has 2 aromatic carbocycles. The van der Waals surface area contributed by atoms with Gasteiger partial charge in [-0.05, 0) is 49.2 Å². The number of hydrogen-bond donors (Lipinski definition) is 1. The Balaban J connectivity index is 2.40. The Morgan fingerprint density at radius 1 is 1.19 bits per heavy atom. The van der Waals surface area contributed by atoms with Gasteiger partial charge in [0.25, 0.3) is 0 Å². The summed E-state index contributed by atoms with van der Waals surface area (Å²) < 4.78 is 26.8. The number of carbonyl (C=O) groups excluding carboxylic acids is 2. The summed E-state index contributed by atoms with van der Waals surface area (Å²) >= 11 is 9.56. The monoisotopic (exact) mass is 529 g/mol. The number of hydrogen-bond acceptors (Lipinski definition) is 4. The second-order valence-corrected chi connectivity index (χ2v) is 10.4. The molecule has 2 amide bonds. The second kappa shape index (κ2) is 10.5. The summed E-state index contributed by atoms with van der Waals surface area (Å²) in [5.41, 5.74) is 1.86. The van der Waals surface area contributed by atoms with Crippen LogP contribution in [0.2, 0.25) is 5.02 Å². The van der Waals surface area contributed by atoms with Crippen LogP contribution in [0.25, 0.3) is 0 Å². The van der Waals surface area contributed by atoms with Crippen molar-refractivity contribution in [2.75, 3.05) is 24.2 Å². The SMILES string of the molecule is CNC(=O)[C@@H](C)N(Cc1cccc(Br)c1)C(=O)CN(c1ccc(C)c(Cl)c1)S(C)(=O)=O. The van der Waals surface area contributed by atoms with E-state index in [1.54, 1.807) is 26.0 Å². The Morgan fingerprint density at radius 2 is 1.87 bits per heavy atom. The van der Waals surface area contributed by atoms with E-state index in [0.29, 0.717) is 5.02 Å². The predicted octanol–water partition coefficient (Wildman–Crippen LogP) is 3.34. The van der Waals surface area contributed by atoms with Gasteiger partial charge in [-0.2, -0.15) is 0 Å². The van der Waals surface area contributed by atoms with Crippen LogP contribution in [-0.2, 0) is 26.2 Å². The Labute approximate surface area is 196 Å². The Kier molecular flexibility index (Phi) is 8.50. The molecule has 7 nitrogen and oxygen atoms in total. The summed E-state index contributed by atoms with van der Waals surface area (Å²) in [6, 6.07) is 11.3. The van der Waals surface area contributed by atoms with Gasteiger partial charge in [0, 0.05) is 23.1 Å². The Bertz CT molecular complexity index is 1080. The van der Waals surface area contributed by atoms with Crippen molar-refractivity contribution in [1.82, 2.24) is 10.2 Å². The third-order valence-electron chi connectivity index (χ3n) is 4.78. The summed E-state index contributed by atoms with van der Waals surface area (Å²) in [4.78, 5) is 26.9. The number of rotatable bonds is 8. The zero-order valence-corrected chi connectivity index (χ0v) is 20.9. The van der Waals surface area contributed by atoms with Crippen LogP contribution in [0.4, 0.5) is 5.69 Å². The molecule has 168 valence electrons. The standard InChI is InChI=1S/C21H25BrClN3O4S/c1-14-8-9-18(11-19(14)23)26(31(4,29)30)13-20(27)25(15(2)21(28)24-3)12-16-6-5-7-17(22)10-16/h5-11,15H,12-13H2,1-4H3,(H,24,28)/t15-/m1/s1. The summed E-state index contributed by atoms with van der Waals surface area (Å²) in [5, 5.41) is 2.93. The van der Waals surface area contributed by atoms with E-state index in [2.05, 4.69) is 21.2 Å². The minimum atomic E-state index is -3.79. The van der Waals surface area contributed by atoms with Crippen LogP contribution in [0.5, 0.6) is 0 Å². The smallest absolute Gasteiger partial charge is 0.244 e. The summed E-state index contributed by atoms with van der Waals surface area (Å²) in [6.07, 6.45) is 1.02. The van der Waals surface area contributed by atoms with E-state index in [-0.39, 0.29) is 18.1 Å². The number of nitrogens with one attached hydrogen (secondary N) is 1. The first-order valence-corrected chi connectivity index (χ1v) is 12.5. The zero-order chi connectivity index (χ0) is 23.3. The van der Waals surface area contributed by atoms with Gasteiger partial charge in [-0.15, -0.1) is 0 Å². The third kappa shape index (κ3) is 6.69. The van der Waals surface area contributed by atoms with Crippen molar-refractivity contribution in [3.8, 4) is 0 Å². The topological polar surface area (TPSA) is 86.8 Å². The summed E-state index contributed by atoms with van der Waals surface area (Å²) in [5.74, 6) is -0.870. The number of halogens is 2. The van der Waals surface area contributed by atoms with Crippen LogP contribution in [0.3, 0.4) is 0 Å². The molecular formula is C21H25BrClN3O4S. The number of sulfonamides is 1. The van der Waals surface area contributed by atoms with Crippen molar-refractivity contribution in [2.45, 2.75) is 26.4 Å². The fraction of sp³-hybridized carbons (Fsp3) is 0.333. The van der Waals surface area contributed by atoms with Crippen molar-refractivity contribution in [3.05, 3.63) is 63.1 Å². The lowest BCUT2D eigenvalue weighted by Crippen LogP contribution is -2.50. The van der Waals surface area contributed by atoms with E-state index < -0.39 is 28.5 Å². The molecule has 0 heterocycles. The van der Waals surface area contributed by atoms with Gasteiger partial charge in [0.05, 0.1) is 11.9 Å². The van der Waals surface area contributed by atoms with Crippen molar-refractivity contribution in [2.24, 2.45) is 0 Å². The maximum atomic E-state index is 13.3. The van der Waals surface area contributed by atoms with E-state index in [9.17, 15) is 18.0 Å². The second-order valence-electron chi connectivity index (χ2n) is 7.14. The van der Waals surface area contributed by atoms with Gasteiger partial charge < -0.3 is 10.2 Å². The van der Waals surface area contributed by atoms with Crippen LogP contribution in [-0.4, -0.2) is 51.0 Å². The molecule has 2 rings (SSSR count). The highest BCUT2D eigenvalue weighted by atomic mass is 79.9. The highest BCUT2D eigenvalue weighted by molar-refractivity contribution is 9.10. The number of nitrogens with zero attached hydrogens (tertiary/aromatic N) is 2. The first-order valence-electron chi connectivity index (χ1n) is 9.43. The first kappa shape index (κ1) is 25.2. The van der Waals surface area contributed by atoms with E-state index in [1.165, 1.54) is 18.0 Å². The molecule has 0 radical (unpaired) electrons. The molecule has 0 aliphatic heterocycles. The van der Waals surface area contributed by atoms with Crippen LogP contribution in [0.15, 0.2) is 46.9 Å². The molecule has 0 bridgehead atoms. The lowest BCUT2D eigenvalue weighted by molar-refractivity contribution is -0.139. The van der Waals surface area contributed by atoms with E-state index >= 15 is 0 Å². The average Bonchev–Trinajstić information content (AvgIpc) is 2.70. The highest BCUT2D eigenvalue weighted by Gasteiger charge is 2.29. The van der Waals surface area contributed by atoms with Crippen LogP contribution < -0.4 is 9.62 Å². The number of likely N-dealkylation sites (N-methyl/N-ethyl adjacent to an activating group) is 1. The minimum absolute atomic E-state index is 0.138. The van der Waals surface area contributed by atoms with Gasteiger partial charge in [-0.1, -0.05) is 45.7 Å². The number of amides is 2. The molecule has 0 saturated heterocycles. The van der Waals surface area contributed by atoms with E-state index in [0.717, 1.165) is 26.2 Å². The van der Waals surface area contributed by atoms with Gasteiger partial charge in [-0.3, -0.25) is 13.9 Å². The average molecular weight is 531 g/mol. The Hall–Kier alpha value is -2.10. The number of anilines is 1. The van der Waals surface area contributed by atoms with Crippen LogP contribution in [0.1, 0.15) is 18.1 Å². The zero-order valence-electron chi connectivity index (χ0n) is 17.7. The van der Waals surface area contributed by atoms with E-state index in [1.807, 2.05) is 24.3 Å². The minimum Gasteiger partial charge on any atom is -0.357 e. The normalized spacial score (nSPS) is 12.2. The Morgan fingerprint density at radius 3 is 2.42 bits per heavy atom. The van der Waals surface area contributed by atoms with Crippen LogP contribution >= 0.6 is 27.5 Å². The molecule has 0 aliphatic rings. The fourth-order valence-electron chi connectivity index (χ4n) is 2.97. The third-order valence-corrected chi connectivity index (χ3v) is 6.82. The maximum absolute atomic E-state index is 13.3. The lowest BCUT2D eigenvalue weighted by Gasteiger charge is -2.31. The van der Waals surface area contributed by atoms with Gasteiger partial charge in [-0.25, -0.2) is 8.42 Å². The summed E-state index contributed by atoms with van der Waals surface area (Å²) in [7, 11) is -2.30. The molecule has 1 N–H and O–H groups in total. The molecule has 10 heteroatoms.